The summed E-state index contributed by atoms with van der Waals surface area (Å²) in [6.45, 7) is 2.10. The van der Waals surface area contributed by atoms with E-state index in [0.717, 1.165) is 5.56 Å². The van der Waals surface area contributed by atoms with Crippen molar-refractivity contribution in [1.82, 2.24) is 5.32 Å². The summed E-state index contributed by atoms with van der Waals surface area (Å²) in [7, 11) is 0. The van der Waals surface area contributed by atoms with Gasteiger partial charge in [0.1, 0.15) is 5.69 Å². The van der Waals surface area contributed by atoms with Crippen LogP contribution in [0.5, 0.6) is 0 Å². The Kier molecular flexibility index (Phi) is 7.53. The molecule has 0 aromatic heterocycles. The predicted molar refractivity (Wildman–Crippen MR) is 124 cm³/mol. The number of anilines is 2. The van der Waals surface area contributed by atoms with E-state index >= 15 is 0 Å². The maximum atomic E-state index is 12.8. The molecule has 164 valence electrons. The van der Waals surface area contributed by atoms with Crippen LogP contribution in [0.2, 0.25) is 0 Å². The molecule has 8 nitrogen and oxygen atoms in total. The molecule has 0 bridgehead atoms. The summed E-state index contributed by atoms with van der Waals surface area (Å²) in [6.07, 6.45) is 0.0718. The zero-order valence-electron chi connectivity index (χ0n) is 17.6. The SMILES string of the molecule is CC(NC(=O)c1ccccc1NC(=O)CCNc1ccccc1[N+](=O)[O-])c1ccccc1. The fourth-order valence-corrected chi connectivity index (χ4v) is 3.20. The van der Waals surface area contributed by atoms with E-state index in [2.05, 4.69) is 16.0 Å². The molecule has 0 radical (unpaired) electrons. The van der Waals surface area contributed by atoms with Gasteiger partial charge in [0.15, 0.2) is 0 Å². The number of amides is 2. The molecule has 0 heterocycles. The van der Waals surface area contributed by atoms with Crippen LogP contribution in [0.25, 0.3) is 0 Å². The third-order valence-corrected chi connectivity index (χ3v) is 4.86. The minimum atomic E-state index is -0.478. The zero-order chi connectivity index (χ0) is 22.9. The average molecular weight is 432 g/mol. The third-order valence-electron chi connectivity index (χ3n) is 4.86. The third kappa shape index (κ3) is 5.91. The second kappa shape index (κ2) is 10.7. The predicted octanol–water partition coefficient (Wildman–Crippen LogP) is 4.53. The summed E-state index contributed by atoms with van der Waals surface area (Å²) in [5.41, 5.74) is 2.03. The van der Waals surface area contributed by atoms with E-state index in [1.165, 1.54) is 6.07 Å². The van der Waals surface area contributed by atoms with Crippen molar-refractivity contribution < 1.29 is 14.5 Å². The molecule has 3 N–H and O–H groups in total. The lowest BCUT2D eigenvalue weighted by Gasteiger charge is -2.16. The van der Waals surface area contributed by atoms with Gasteiger partial charge in [0.2, 0.25) is 5.91 Å². The summed E-state index contributed by atoms with van der Waals surface area (Å²) in [5.74, 6) is -0.609. The number of nitrogens with zero attached hydrogens (tertiary/aromatic N) is 1. The van der Waals surface area contributed by atoms with Crippen molar-refractivity contribution in [3.8, 4) is 0 Å². The van der Waals surface area contributed by atoms with Gasteiger partial charge in [-0.3, -0.25) is 19.7 Å². The highest BCUT2D eigenvalue weighted by atomic mass is 16.6. The lowest BCUT2D eigenvalue weighted by molar-refractivity contribution is -0.384. The lowest BCUT2D eigenvalue weighted by atomic mass is 10.1. The minimum Gasteiger partial charge on any atom is -0.379 e. The van der Waals surface area contributed by atoms with Crippen LogP contribution >= 0.6 is 0 Å². The van der Waals surface area contributed by atoms with Crippen LogP contribution in [0.15, 0.2) is 78.9 Å². The van der Waals surface area contributed by atoms with Gasteiger partial charge in [-0.1, -0.05) is 54.6 Å². The molecule has 0 aliphatic rings. The molecule has 0 saturated carbocycles. The molecule has 0 fully saturated rings. The Morgan fingerprint density at radius 3 is 2.25 bits per heavy atom. The molecule has 3 aromatic rings. The van der Waals surface area contributed by atoms with Crippen LogP contribution in [0.3, 0.4) is 0 Å². The van der Waals surface area contributed by atoms with Gasteiger partial charge >= 0.3 is 0 Å². The van der Waals surface area contributed by atoms with E-state index in [4.69, 9.17) is 0 Å². The fourth-order valence-electron chi connectivity index (χ4n) is 3.20. The molecular weight excluding hydrogens is 408 g/mol. The van der Waals surface area contributed by atoms with Crippen LogP contribution in [-0.2, 0) is 4.79 Å². The lowest BCUT2D eigenvalue weighted by Crippen LogP contribution is -2.28. The number of hydrogen-bond acceptors (Lipinski definition) is 5. The topological polar surface area (TPSA) is 113 Å². The number of nitro benzene ring substituents is 1. The van der Waals surface area contributed by atoms with E-state index in [1.54, 1.807) is 42.5 Å². The van der Waals surface area contributed by atoms with Crippen LogP contribution in [-0.4, -0.2) is 23.3 Å². The molecule has 1 unspecified atom stereocenters. The van der Waals surface area contributed by atoms with Crippen LogP contribution in [0, 0.1) is 10.1 Å². The highest BCUT2D eigenvalue weighted by Crippen LogP contribution is 2.23. The highest BCUT2D eigenvalue weighted by molar-refractivity contribution is 6.03. The van der Waals surface area contributed by atoms with Gasteiger partial charge in [-0.15, -0.1) is 0 Å². The number of benzene rings is 3. The number of nitro groups is 1. The fraction of sp³-hybridized carbons (Fsp3) is 0.167. The number of carbonyl (C=O) groups excluding carboxylic acids is 2. The Labute approximate surface area is 185 Å². The molecule has 8 heteroatoms. The van der Waals surface area contributed by atoms with Gasteiger partial charge in [-0.2, -0.15) is 0 Å². The van der Waals surface area contributed by atoms with Gasteiger partial charge < -0.3 is 16.0 Å². The van der Waals surface area contributed by atoms with Gasteiger partial charge in [0, 0.05) is 19.0 Å². The number of carbonyl (C=O) groups is 2. The second-order valence-corrected chi connectivity index (χ2v) is 7.15. The second-order valence-electron chi connectivity index (χ2n) is 7.15. The summed E-state index contributed by atoms with van der Waals surface area (Å²) in [5, 5.41) is 19.7. The first-order chi connectivity index (χ1) is 15.5. The molecule has 0 spiro atoms. The molecule has 32 heavy (non-hydrogen) atoms. The van der Waals surface area contributed by atoms with E-state index in [0.29, 0.717) is 16.9 Å². The monoisotopic (exact) mass is 432 g/mol. The first kappa shape index (κ1) is 22.5. The van der Waals surface area contributed by atoms with Crippen molar-refractivity contribution >= 4 is 28.9 Å². The molecule has 1 atom stereocenters. The summed E-state index contributed by atoms with van der Waals surface area (Å²) >= 11 is 0. The maximum absolute atomic E-state index is 12.8. The highest BCUT2D eigenvalue weighted by Gasteiger charge is 2.16. The first-order valence-corrected chi connectivity index (χ1v) is 10.2. The normalized spacial score (nSPS) is 11.3. The molecule has 2 amide bonds. The van der Waals surface area contributed by atoms with Gasteiger partial charge in [-0.05, 0) is 30.7 Å². The van der Waals surface area contributed by atoms with E-state index in [-0.39, 0.29) is 36.5 Å². The number of para-hydroxylation sites is 3. The Balaban J connectivity index is 1.59. The van der Waals surface area contributed by atoms with E-state index < -0.39 is 4.92 Å². The Morgan fingerprint density at radius 2 is 1.53 bits per heavy atom. The van der Waals surface area contributed by atoms with E-state index in [1.807, 2.05) is 37.3 Å². The van der Waals surface area contributed by atoms with Crippen LogP contribution < -0.4 is 16.0 Å². The van der Waals surface area contributed by atoms with Crippen molar-refractivity contribution in [3.63, 3.8) is 0 Å². The quantitative estimate of drug-likeness (QED) is 0.340. The van der Waals surface area contributed by atoms with Crippen molar-refractivity contribution in [2.24, 2.45) is 0 Å². The standard InChI is InChI=1S/C24H24N4O4/c1-17(18-9-3-2-4-10-18)26-24(30)19-11-5-6-12-20(19)27-23(29)15-16-25-21-13-7-8-14-22(21)28(31)32/h2-14,17,25H,15-16H2,1H3,(H,26,30)(H,27,29). The molecule has 0 aliphatic heterocycles. The molecule has 0 aliphatic carbocycles. The minimum absolute atomic E-state index is 0.0533. The van der Waals surface area contributed by atoms with Crippen molar-refractivity contribution in [3.05, 3.63) is 100 Å². The van der Waals surface area contributed by atoms with Gasteiger partial charge in [0.25, 0.3) is 11.6 Å². The van der Waals surface area contributed by atoms with Gasteiger partial charge in [-0.25, -0.2) is 0 Å². The molecule has 3 aromatic carbocycles. The van der Waals surface area contributed by atoms with Crippen LogP contribution in [0.1, 0.15) is 35.3 Å². The van der Waals surface area contributed by atoms with Gasteiger partial charge in [0.05, 0.1) is 22.2 Å². The average Bonchev–Trinajstić information content (AvgIpc) is 2.80. The van der Waals surface area contributed by atoms with Crippen molar-refractivity contribution in [2.75, 3.05) is 17.2 Å². The maximum Gasteiger partial charge on any atom is 0.292 e. The summed E-state index contributed by atoms with van der Waals surface area (Å²) in [4.78, 5) is 35.8. The number of hydrogen-bond donors (Lipinski definition) is 3. The number of nitrogens with one attached hydrogen (secondary N) is 3. The van der Waals surface area contributed by atoms with E-state index in [9.17, 15) is 19.7 Å². The summed E-state index contributed by atoms with van der Waals surface area (Å²) < 4.78 is 0. The number of rotatable bonds is 9. The molecular formula is C24H24N4O4. The van der Waals surface area contributed by atoms with Crippen molar-refractivity contribution in [1.29, 1.82) is 0 Å². The molecule has 3 rings (SSSR count). The van der Waals surface area contributed by atoms with Crippen molar-refractivity contribution in [2.45, 2.75) is 19.4 Å². The zero-order valence-corrected chi connectivity index (χ0v) is 17.6. The smallest absolute Gasteiger partial charge is 0.292 e. The summed E-state index contributed by atoms with van der Waals surface area (Å²) in [6, 6.07) is 22.4. The first-order valence-electron chi connectivity index (χ1n) is 10.2. The Hall–Kier alpha value is -4.20. The van der Waals surface area contributed by atoms with Crippen LogP contribution in [0.4, 0.5) is 17.1 Å². The Bertz CT molecular complexity index is 1100. The largest absolute Gasteiger partial charge is 0.379 e. The Morgan fingerprint density at radius 1 is 0.906 bits per heavy atom. The molecule has 0 saturated heterocycles.